The molecule has 0 bridgehead atoms. The fourth-order valence-electron chi connectivity index (χ4n) is 3.72. The molecule has 3 heterocycles. The number of rotatable bonds is 4. The van der Waals surface area contributed by atoms with Crippen LogP contribution in [0.3, 0.4) is 0 Å². The highest BCUT2D eigenvalue weighted by molar-refractivity contribution is 5.91. The molecule has 0 atom stereocenters. The van der Waals surface area contributed by atoms with Gasteiger partial charge in [0.05, 0.1) is 28.4 Å². The standard InChI is InChI=1S/C19H21N3O3/c1-25-11-10-21-8-6-16-14(18(21)23)12-15-17(20-16)7-9-22(19(15)24)13-4-2-3-5-13/h6-9,12-13H,2-5,10-11H2,1H3. The molecule has 0 spiro atoms. The van der Waals surface area contributed by atoms with Crippen molar-refractivity contribution in [1.82, 2.24) is 14.1 Å². The van der Waals surface area contributed by atoms with E-state index in [0.29, 0.717) is 35.0 Å². The maximum Gasteiger partial charge on any atom is 0.260 e. The van der Waals surface area contributed by atoms with Gasteiger partial charge < -0.3 is 13.9 Å². The molecule has 1 aliphatic carbocycles. The zero-order chi connectivity index (χ0) is 17.4. The number of hydrogen-bond acceptors (Lipinski definition) is 4. The highest BCUT2D eigenvalue weighted by Gasteiger charge is 2.19. The molecule has 1 fully saturated rings. The molecular formula is C19H21N3O3. The highest BCUT2D eigenvalue weighted by atomic mass is 16.5. The first-order valence-corrected chi connectivity index (χ1v) is 8.73. The van der Waals surface area contributed by atoms with Crippen LogP contribution in [0, 0.1) is 0 Å². The summed E-state index contributed by atoms with van der Waals surface area (Å²) in [6, 6.07) is 5.66. The van der Waals surface area contributed by atoms with E-state index in [9.17, 15) is 9.59 Å². The summed E-state index contributed by atoms with van der Waals surface area (Å²) in [5.41, 5.74) is 1.06. The lowest BCUT2D eigenvalue weighted by Crippen LogP contribution is -2.24. The summed E-state index contributed by atoms with van der Waals surface area (Å²) in [7, 11) is 1.60. The summed E-state index contributed by atoms with van der Waals surface area (Å²) in [6.45, 7) is 0.936. The Bertz CT molecular complexity index is 1050. The van der Waals surface area contributed by atoms with Gasteiger partial charge in [-0.3, -0.25) is 9.59 Å². The normalized spacial score (nSPS) is 15.4. The molecule has 1 saturated carbocycles. The van der Waals surface area contributed by atoms with Gasteiger partial charge in [-0.15, -0.1) is 0 Å². The van der Waals surface area contributed by atoms with Gasteiger partial charge in [0.15, 0.2) is 0 Å². The third kappa shape index (κ3) is 2.76. The molecule has 3 aromatic rings. The monoisotopic (exact) mass is 339 g/mol. The van der Waals surface area contributed by atoms with E-state index in [1.165, 1.54) is 0 Å². The Morgan fingerprint density at radius 3 is 2.48 bits per heavy atom. The number of nitrogens with zero attached hydrogens (tertiary/aromatic N) is 3. The van der Waals surface area contributed by atoms with Crippen molar-refractivity contribution >= 4 is 21.8 Å². The molecule has 4 rings (SSSR count). The number of methoxy groups -OCH3 is 1. The second kappa shape index (κ2) is 6.44. The number of fused-ring (bicyclic) bond motifs is 2. The minimum absolute atomic E-state index is 0.0505. The molecule has 0 N–H and O–H groups in total. The van der Waals surface area contributed by atoms with Gasteiger partial charge in [0.25, 0.3) is 11.1 Å². The van der Waals surface area contributed by atoms with Crippen LogP contribution in [0.5, 0.6) is 0 Å². The Labute approximate surface area is 144 Å². The molecule has 0 aliphatic heterocycles. The molecule has 6 heteroatoms. The minimum atomic E-state index is -0.139. The number of aromatic nitrogens is 3. The Morgan fingerprint density at radius 2 is 1.76 bits per heavy atom. The molecule has 6 nitrogen and oxygen atoms in total. The van der Waals surface area contributed by atoms with Crippen LogP contribution in [-0.2, 0) is 11.3 Å². The summed E-state index contributed by atoms with van der Waals surface area (Å²) in [5, 5.41) is 0.996. The van der Waals surface area contributed by atoms with Crippen LogP contribution in [-0.4, -0.2) is 27.8 Å². The van der Waals surface area contributed by atoms with Crippen molar-refractivity contribution in [2.24, 2.45) is 0 Å². The third-order valence-electron chi connectivity index (χ3n) is 5.10. The van der Waals surface area contributed by atoms with E-state index in [1.807, 2.05) is 22.9 Å². The van der Waals surface area contributed by atoms with Gasteiger partial charge in [-0.1, -0.05) is 12.8 Å². The fourth-order valence-corrected chi connectivity index (χ4v) is 3.72. The van der Waals surface area contributed by atoms with E-state index in [1.54, 1.807) is 23.9 Å². The van der Waals surface area contributed by atoms with Crippen LogP contribution >= 0.6 is 0 Å². The molecule has 130 valence electrons. The molecule has 0 radical (unpaired) electrons. The Hall–Kier alpha value is -2.47. The maximum atomic E-state index is 12.9. The van der Waals surface area contributed by atoms with E-state index in [4.69, 9.17) is 4.74 Å². The largest absolute Gasteiger partial charge is 0.383 e. The summed E-state index contributed by atoms with van der Waals surface area (Å²) < 4.78 is 8.46. The minimum Gasteiger partial charge on any atom is -0.383 e. The SMILES string of the molecule is COCCn1ccc2nc3ccn(C4CCCC4)c(=O)c3cc2c1=O. The van der Waals surface area contributed by atoms with Gasteiger partial charge in [-0.05, 0) is 31.0 Å². The van der Waals surface area contributed by atoms with E-state index in [-0.39, 0.29) is 17.2 Å². The van der Waals surface area contributed by atoms with Crippen molar-refractivity contribution in [1.29, 1.82) is 0 Å². The molecule has 0 amide bonds. The first kappa shape index (κ1) is 16.0. The summed E-state index contributed by atoms with van der Waals surface area (Å²) in [5.74, 6) is 0. The summed E-state index contributed by atoms with van der Waals surface area (Å²) in [4.78, 5) is 30.1. The van der Waals surface area contributed by atoms with Gasteiger partial charge in [0.2, 0.25) is 0 Å². The maximum absolute atomic E-state index is 12.9. The van der Waals surface area contributed by atoms with Crippen LogP contribution in [0.25, 0.3) is 21.8 Å². The molecule has 1 aliphatic rings. The summed E-state index contributed by atoms with van der Waals surface area (Å²) >= 11 is 0. The Morgan fingerprint density at radius 1 is 1.08 bits per heavy atom. The lowest BCUT2D eigenvalue weighted by atomic mass is 10.1. The zero-order valence-electron chi connectivity index (χ0n) is 14.3. The van der Waals surface area contributed by atoms with Crippen molar-refractivity contribution in [2.75, 3.05) is 13.7 Å². The second-order valence-electron chi connectivity index (χ2n) is 6.63. The number of pyridine rings is 3. The first-order chi connectivity index (χ1) is 12.2. The molecule has 0 aromatic carbocycles. The fraction of sp³-hybridized carbons (Fsp3) is 0.421. The van der Waals surface area contributed by atoms with E-state index in [2.05, 4.69) is 4.98 Å². The third-order valence-corrected chi connectivity index (χ3v) is 5.10. The molecule has 0 unspecified atom stereocenters. The lowest BCUT2D eigenvalue weighted by Gasteiger charge is -2.14. The van der Waals surface area contributed by atoms with Crippen molar-refractivity contribution in [3.63, 3.8) is 0 Å². The van der Waals surface area contributed by atoms with E-state index < -0.39 is 0 Å². The summed E-state index contributed by atoms with van der Waals surface area (Å²) in [6.07, 6.45) is 7.97. The smallest absolute Gasteiger partial charge is 0.260 e. The number of hydrogen-bond donors (Lipinski definition) is 0. The van der Waals surface area contributed by atoms with Crippen LogP contribution in [0.1, 0.15) is 31.7 Å². The average molecular weight is 339 g/mol. The van der Waals surface area contributed by atoms with Gasteiger partial charge in [-0.25, -0.2) is 4.98 Å². The molecular weight excluding hydrogens is 318 g/mol. The van der Waals surface area contributed by atoms with Crippen molar-refractivity contribution in [3.05, 3.63) is 51.3 Å². The second-order valence-corrected chi connectivity index (χ2v) is 6.63. The predicted molar refractivity (Wildman–Crippen MR) is 97.2 cm³/mol. The highest BCUT2D eigenvalue weighted by Crippen LogP contribution is 2.28. The molecule has 25 heavy (non-hydrogen) atoms. The van der Waals surface area contributed by atoms with Crippen molar-refractivity contribution in [3.8, 4) is 0 Å². The zero-order valence-corrected chi connectivity index (χ0v) is 14.3. The predicted octanol–water partition coefficient (Wildman–Crippen LogP) is 2.47. The molecule has 3 aromatic heterocycles. The van der Waals surface area contributed by atoms with Gasteiger partial charge >= 0.3 is 0 Å². The van der Waals surface area contributed by atoms with Crippen LogP contribution < -0.4 is 11.1 Å². The van der Waals surface area contributed by atoms with Gasteiger partial charge in [-0.2, -0.15) is 0 Å². The first-order valence-electron chi connectivity index (χ1n) is 8.73. The average Bonchev–Trinajstić information content (AvgIpc) is 3.15. The van der Waals surface area contributed by atoms with Crippen molar-refractivity contribution < 1.29 is 4.74 Å². The lowest BCUT2D eigenvalue weighted by molar-refractivity contribution is 0.186. The van der Waals surface area contributed by atoms with Crippen LogP contribution in [0.4, 0.5) is 0 Å². The molecule has 0 saturated heterocycles. The van der Waals surface area contributed by atoms with Gasteiger partial charge in [0, 0.05) is 32.1 Å². The van der Waals surface area contributed by atoms with Crippen molar-refractivity contribution in [2.45, 2.75) is 38.3 Å². The van der Waals surface area contributed by atoms with Crippen LogP contribution in [0.15, 0.2) is 40.2 Å². The Kier molecular flexibility index (Phi) is 4.13. The van der Waals surface area contributed by atoms with Crippen LogP contribution in [0.2, 0.25) is 0 Å². The Balaban J connectivity index is 1.91. The quantitative estimate of drug-likeness (QED) is 0.685. The topological polar surface area (TPSA) is 66.1 Å². The number of ether oxygens (including phenoxy) is 1. The van der Waals surface area contributed by atoms with E-state index in [0.717, 1.165) is 25.7 Å². The van der Waals surface area contributed by atoms with Gasteiger partial charge in [0.1, 0.15) is 0 Å². The van der Waals surface area contributed by atoms with E-state index >= 15 is 0 Å².